The quantitative estimate of drug-likeness (QED) is 0.348. The number of carbonyl (C=O) groups is 2. The zero-order valence-electron chi connectivity index (χ0n) is 16.0. The van der Waals surface area contributed by atoms with E-state index >= 15 is 0 Å². The predicted octanol–water partition coefficient (Wildman–Crippen LogP) is 3.73. The Morgan fingerprint density at radius 3 is 2.66 bits per heavy atom. The second kappa shape index (κ2) is 9.14. The summed E-state index contributed by atoms with van der Waals surface area (Å²) in [5.74, 6) is -1.00. The van der Waals surface area contributed by atoms with Gasteiger partial charge >= 0.3 is 5.97 Å². The molecule has 0 aromatic heterocycles. The third-order valence-electron chi connectivity index (χ3n) is 4.86. The Morgan fingerprint density at radius 2 is 1.93 bits per heavy atom. The summed E-state index contributed by atoms with van der Waals surface area (Å²) in [6.45, 7) is 1.53. The number of hydrogen-bond donors (Lipinski definition) is 1. The number of nitrogens with zero attached hydrogens (tertiary/aromatic N) is 1. The highest BCUT2D eigenvalue weighted by Gasteiger charge is 2.24. The first-order chi connectivity index (χ1) is 13.9. The van der Waals surface area contributed by atoms with Gasteiger partial charge in [-0.05, 0) is 61.1 Å². The number of non-ortho nitro benzene ring substituents is 1. The van der Waals surface area contributed by atoms with E-state index in [9.17, 15) is 19.7 Å². The van der Waals surface area contributed by atoms with Crippen LogP contribution in [0.3, 0.4) is 0 Å². The standard InChI is InChI=1S/C22H22N2O5/c1-15(22(26)23-20-8-4-6-17-5-2-3-7-19(17)20)29-21(25)14-11-16-9-12-18(13-10-16)24(27)28/h2-3,5,7,9-15,20H,4,6,8H2,1H3,(H,23,26)/b14-11+/t15-,20-/m0/s1. The lowest BCUT2D eigenvalue weighted by molar-refractivity contribution is -0.384. The minimum Gasteiger partial charge on any atom is -0.449 e. The summed E-state index contributed by atoms with van der Waals surface area (Å²) in [5.41, 5.74) is 2.94. The molecule has 2 aromatic carbocycles. The summed E-state index contributed by atoms with van der Waals surface area (Å²) in [5, 5.41) is 13.6. The SMILES string of the molecule is C[C@H](OC(=O)/C=C/c1ccc([N+](=O)[O-])cc1)C(=O)N[C@H]1CCCc2ccccc21. The number of ether oxygens (including phenoxy) is 1. The Morgan fingerprint density at radius 1 is 1.21 bits per heavy atom. The molecule has 0 radical (unpaired) electrons. The molecule has 1 aliphatic rings. The fourth-order valence-electron chi connectivity index (χ4n) is 3.33. The number of fused-ring (bicyclic) bond motifs is 1. The Kier molecular flexibility index (Phi) is 6.39. The van der Waals surface area contributed by atoms with E-state index in [2.05, 4.69) is 11.4 Å². The molecule has 0 aliphatic heterocycles. The van der Waals surface area contributed by atoms with E-state index in [1.165, 1.54) is 48.9 Å². The number of benzene rings is 2. The molecule has 1 N–H and O–H groups in total. The van der Waals surface area contributed by atoms with Crippen LogP contribution in [0.25, 0.3) is 6.08 Å². The van der Waals surface area contributed by atoms with Crippen LogP contribution in [-0.4, -0.2) is 22.9 Å². The third kappa shape index (κ3) is 5.28. The Hall–Kier alpha value is -3.48. The normalized spacial score (nSPS) is 16.7. The second-order valence-corrected chi connectivity index (χ2v) is 6.91. The lowest BCUT2D eigenvalue weighted by Crippen LogP contribution is -2.39. The van der Waals surface area contributed by atoms with Crippen LogP contribution in [0.2, 0.25) is 0 Å². The van der Waals surface area contributed by atoms with Gasteiger partial charge in [-0.3, -0.25) is 14.9 Å². The Bertz CT molecular complexity index is 936. The minimum atomic E-state index is -0.932. The smallest absolute Gasteiger partial charge is 0.331 e. The molecule has 0 saturated heterocycles. The van der Waals surface area contributed by atoms with Gasteiger partial charge in [-0.1, -0.05) is 24.3 Å². The van der Waals surface area contributed by atoms with Crippen LogP contribution in [-0.2, 0) is 20.7 Å². The summed E-state index contributed by atoms with van der Waals surface area (Å²) in [6.07, 6.45) is 4.59. The van der Waals surface area contributed by atoms with E-state index in [0.717, 1.165) is 24.8 Å². The van der Waals surface area contributed by atoms with Crippen molar-refractivity contribution in [2.45, 2.75) is 38.3 Å². The number of hydrogen-bond acceptors (Lipinski definition) is 5. The van der Waals surface area contributed by atoms with Gasteiger partial charge in [-0.25, -0.2) is 4.79 Å². The summed E-state index contributed by atoms with van der Waals surface area (Å²) < 4.78 is 5.18. The average molecular weight is 394 g/mol. The number of esters is 1. The van der Waals surface area contributed by atoms with Crippen LogP contribution >= 0.6 is 0 Å². The van der Waals surface area contributed by atoms with E-state index in [-0.39, 0.29) is 17.6 Å². The molecular formula is C22H22N2O5. The number of carbonyl (C=O) groups excluding carboxylic acids is 2. The van der Waals surface area contributed by atoms with Gasteiger partial charge in [-0.2, -0.15) is 0 Å². The maximum atomic E-state index is 12.5. The van der Waals surface area contributed by atoms with Crippen LogP contribution in [0.1, 0.15) is 42.5 Å². The third-order valence-corrected chi connectivity index (χ3v) is 4.86. The molecule has 0 unspecified atom stereocenters. The van der Waals surface area contributed by atoms with Crippen LogP contribution in [0.4, 0.5) is 5.69 Å². The van der Waals surface area contributed by atoms with Gasteiger partial charge in [0.2, 0.25) is 0 Å². The lowest BCUT2D eigenvalue weighted by Gasteiger charge is -2.27. The molecule has 150 valence electrons. The average Bonchev–Trinajstić information content (AvgIpc) is 2.72. The number of rotatable bonds is 6. The number of aryl methyl sites for hydroxylation is 1. The number of nitro benzene ring substituents is 1. The van der Waals surface area contributed by atoms with Crippen molar-refractivity contribution in [1.29, 1.82) is 0 Å². The lowest BCUT2D eigenvalue weighted by atomic mass is 9.87. The van der Waals surface area contributed by atoms with E-state index in [1.807, 2.05) is 18.2 Å². The summed E-state index contributed by atoms with van der Waals surface area (Å²) in [6, 6.07) is 13.7. The number of amides is 1. The highest BCUT2D eigenvalue weighted by Crippen LogP contribution is 2.29. The monoisotopic (exact) mass is 394 g/mol. The molecule has 3 rings (SSSR count). The van der Waals surface area contributed by atoms with Crippen molar-refractivity contribution >= 4 is 23.6 Å². The summed E-state index contributed by atoms with van der Waals surface area (Å²) in [4.78, 5) is 34.6. The zero-order valence-corrected chi connectivity index (χ0v) is 16.0. The Balaban J connectivity index is 1.54. The molecular weight excluding hydrogens is 372 g/mol. The summed E-state index contributed by atoms with van der Waals surface area (Å²) >= 11 is 0. The van der Waals surface area contributed by atoms with Gasteiger partial charge in [0.05, 0.1) is 11.0 Å². The largest absolute Gasteiger partial charge is 0.449 e. The van der Waals surface area contributed by atoms with E-state index in [1.54, 1.807) is 0 Å². The van der Waals surface area contributed by atoms with Crippen molar-refractivity contribution in [3.63, 3.8) is 0 Å². The van der Waals surface area contributed by atoms with Crippen molar-refractivity contribution in [2.75, 3.05) is 0 Å². The van der Waals surface area contributed by atoms with Crippen molar-refractivity contribution in [2.24, 2.45) is 0 Å². The molecule has 0 spiro atoms. The van der Waals surface area contributed by atoms with Crippen LogP contribution in [0, 0.1) is 10.1 Å². The molecule has 0 fully saturated rings. The van der Waals surface area contributed by atoms with Gasteiger partial charge in [0, 0.05) is 18.2 Å². The predicted molar refractivity (Wildman–Crippen MR) is 108 cm³/mol. The number of nitrogens with one attached hydrogen (secondary N) is 1. The molecule has 1 amide bonds. The highest BCUT2D eigenvalue weighted by molar-refractivity contribution is 5.90. The first-order valence-corrected chi connectivity index (χ1v) is 9.45. The molecule has 7 nitrogen and oxygen atoms in total. The molecule has 1 aliphatic carbocycles. The van der Waals surface area contributed by atoms with Gasteiger partial charge in [0.15, 0.2) is 6.10 Å². The van der Waals surface area contributed by atoms with Gasteiger partial charge in [0.1, 0.15) is 0 Å². The van der Waals surface area contributed by atoms with Crippen molar-refractivity contribution in [3.8, 4) is 0 Å². The van der Waals surface area contributed by atoms with Crippen LogP contribution < -0.4 is 5.32 Å². The first kappa shape index (κ1) is 20.3. The summed E-state index contributed by atoms with van der Waals surface area (Å²) in [7, 11) is 0. The van der Waals surface area contributed by atoms with E-state index < -0.39 is 17.0 Å². The van der Waals surface area contributed by atoms with Gasteiger partial charge < -0.3 is 10.1 Å². The van der Waals surface area contributed by atoms with Crippen molar-refractivity contribution in [1.82, 2.24) is 5.32 Å². The zero-order chi connectivity index (χ0) is 20.8. The molecule has 0 bridgehead atoms. The van der Waals surface area contributed by atoms with Crippen molar-refractivity contribution < 1.29 is 19.2 Å². The molecule has 2 aromatic rings. The van der Waals surface area contributed by atoms with Crippen molar-refractivity contribution in [3.05, 3.63) is 81.4 Å². The minimum absolute atomic E-state index is 0.0284. The molecule has 0 saturated carbocycles. The molecule has 2 atom stereocenters. The van der Waals surface area contributed by atoms with E-state index in [4.69, 9.17) is 4.74 Å². The van der Waals surface area contributed by atoms with Crippen LogP contribution in [0.15, 0.2) is 54.6 Å². The highest BCUT2D eigenvalue weighted by atomic mass is 16.6. The molecule has 0 heterocycles. The molecule has 7 heteroatoms. The van der Waals surface area contributed by atoms with Gasteiger partial charge in [0.25, 0.3) is 11.6 Å². The fourth-order valence-corrected chi connectivity index (χ4v) is 3.33. The Labute approximate surface area is 168 Å². The maximum absolute atomic E-state index is 12.5. The second-order valence-electron chi connectivity index (χ2n) is 6.91. The first-order valence-electron chi connectivity index (χ1n) is 9.45. The van der Waals surface area contributed by atoms with E-state index in [0.29, 0.717) is 5.56 Å². The topological polar surface area (TPSA) is 98.5 Å². The van der Waals surface area contributed by atoms with Crippen LogP contribution in [0.5, 0.6) is 0 Å². The van der Waals surface area contributed by atoms with Gasteiger partial charge in [-0.15, -0.1) is 0 Å². The molecule has 29 heavy (non-hydrogen) atoms. The number of nitro groups is 1. The maximum Gasteiger partial charge on any atom is 0.331 e. The fraction of sp³-hybridized carbons (Fsp3) is 0.273.